The molecule has 0 unspecified atom stereocenters. The van der Waals surface area contributed by atoms with Crippen LogP contribution in [0.4, 0.5) is 32.0 Å². The van der Waals surface area contributed by atoms with Crippen molar-refractivity contribution in [1.82, 2.24) is 0 Å². The molecule has 3 rings (SSSR count). The first kappa shape index (κ1) is 19.8. The van der Waals surface area contributed by atoms with Crippen molar-refractivity contribution in [2.24, 2.45) is 0 Å². The van der Waals surface area contributed by atoms with Crippen molar-refractivity contribution in [3.63, 3.8) is 0 Å². The van der Waals surface area contributed by atoms with Crippen LogP contribution < -0.4 is 5.73 Å². The molecule has 0 spiro atoms. The predicted molar refractivity (Wildman–Crippen MR) is 95.6 cm³/mol. The summed E-state index contributed by atoms with van der Waals surface area (Å²) < 4.78 is 83.9. The number of nitrogens with two attached hydrogens (primary N) is 1. The van der Waals surface area contributed by atoms with Crippen LogP contribution in [-0.2, 0) is 5.41 Å². The van der Waals surface area contributed by atoms with Crippen molar-refractivity contribution in [3.8, 4) is 11.1 Å². The van der Waals surface area contributed by atoms with Gasteiger partial charge in [0.2, 0.25) is 5.41 Å². The van der Waals surface area contributed by atoms with Crippen LogP contribution >= 0.6 is 0 Å². The molecule has 0 saturated carbocycles. The molecule has 0 aromatic heterocycles. The fourth-order valence-corrected chi connectivity index (χ4v) is 3.26. The minimum Gasteiger partial charge on any atom is -0.399 e. The lowest BCUT2D eigenvalue weighted by Crippen LogP contribution is -2.54. The van der Waals surface area contributed by atoms with Crippen LogP contribution in [0.1, 0.15) is 11.1 Å². The van der Waals surface area contributed by atoms with Crippen molar-refractivity contribution in [3.05, 3.63) is 90.0 Å². The number of hydrogen-bond acceptors (Lipinski definition) is 1. The number of nitrogen functional groups attached to an aromatic ring is 1. The van der Waals surface area contributed by atoms with Gasteiger partial charge in [-0.05, 0) is 34.4 Å². The SMILES string of the molecule is Nc1ccc(-c2ccc(C(c3ccccc3)(C(F)(F)F)C(F)(F)F)cc2)cc1. The zero-order chi connectivity index (χ0) is 20.6. The van der Waals surface area contributed by atoms with Crippen molar-refractivity contribution < 1.29 is 26.3 Å². The van der Waals surface area contributed by atoms with Crippen LogP contribution in [0.2, 0.25) is 0 Å². The van der Waals surface area contributed by atoms with E-state index in [4.69, 9.17) is 5.73 Å². The Labute approximate surface area is 157 Å². The van der Waals surface area contributed by atoms with E-state index in [1.54, 1.807) is 24.3 Å². The highest BCUT2D eigenvalue weighted by Gasteiger charge is 2.72. The van der Waals surface area contributed by atoms with E-state index in [0.717, 1.165) is 36.4 Å². The first-order valence-corrected chi connectivity index (χ1v) is 8.23. The lowest BCUT2D eigenvalue weighted by atomic mass is 9.72. The van der Waals surface area contributed by atoms with Crippen molar-refractivity contribution in [2.45, 2.75) is 17.8 Å². The van der Waals surface area contributed by atoms with Crippen LogP contribution in [0, 0.1) is 0 Å². The van der Waals surface area contributed by atoms with Crippen LogP contribution in [0.25, 0.3) is 11.1 Å². The summed E-state index contributed by atoms with van der Waals surface area (Å²) in [6, 6.07) is 16.1. The molecule has 3 aromatic rings. The number of benzene rings is 3. The summed E-state index contributed by atoms with van der Waals surface area (Å²) in [7, 11) is 0. The van der Waals surface area contributed by atoms with Crippen molar-refractivity contribution >= 4 is 5.69 Å². The summed E-state index contributed by atoms with van der Waals surface area (Å²) in [5.41, 5.74) is 1.31. The number of halogens is 6. The Morgan fingerprint density at radius 1 is 0.500 bits per heavy atom. The van der Waals surface area contributed by atoms with E-state index < -0.39 is 28.9 Å². The summed E-state index contributed by atoms with van der Waals surface area (Å²) >= 11 is 0. The molecule has 0 aliphatic rings. The smallest absolute Gasteiger partial charge is 0.399 e. The highest BCUT2D eigenvalue weighted by molar-refractivity contribution is 5.66. The number of hydrogen-bond donors (Lipinski definition) is 1. The van der Waals surface area contributed by atoms with E-state index >= 15 is 0 Å². The Hall–Kier alpha value is -2.96. The third-order valence-corrected chi connectivity index (χ3v) is 4.62. The highest BCUT2D eigenvalue weighted by Crippen LogP contribution is 2.56. The molecular weight excluding hydrogens is 380 g/mol. The van der Waals surface area contributed by atoms with E-state index in [0.29, 0.717) is 16.8 Å². The normalized spacial score (nSPS) is 12.8. The van der Waals surface area contributed by atoms with Crippen molar-refractivity contribution in [2.75, 3.05) is 5.73 Å². The molecule has 0 bridgehead atoms. The maximum absolute atomic E-state index is 14.0. The average molecular weight is 395 g/mol. The molecule has 1 nitrogen and oxygen atoms in total. The first-order chi connectivity index (χ1) is 13.1. The Kier molecular flexibility index (Phi) is 4.87. The molecule has 0 radical (unpaired) electrons. The van der Waals surface area contributed by atoms with E-state index in [1.807, 2.05) is 0 Å². The molecule has 146 valence electrons. The molecular formula is C21H15F6N. The van der Waals surface area contributed by atoms with Crippen molar-refractivity contribution in [1.29, 1.82) is 0 Å². The summed E-state index contributed by atoms with van der Waals surface area (Å²) in [6.07, 6.45) is -11.2. The summed E-state index contributed by atoms with van der Waals surface area (Å²) in [4.78, 5) is 0. The van der Waals surface area contributed by atoms with Crippen LogP contribution in [0.15, 0.2) is 78.9 Å². The maximum Gasteiger partial charge on any atom is 0.411 e. The van der Waals surface area contributed by atoms with Gasteiger partial charge < -0.3 is 5.73 Å². The molecule has 3 aromatic carbocycles. The largest absolute Gasteiger partial charge is 0.411 e. The van der Waals surface area contributed by atoms with Gasteiger partial charge in [-0.15, -0.1) is 0 Å². The van der Waals surface area contributed by atoms with E-state index in [1.165, 1.54) is 18.2 Å². The number of alkyl halides is 6. The van der Waals surface area contributed by atoms with Gasteiger partial charge in [0.05, 0.1) is 0 Å². The van der Waals surface area contributed by atoms with Gasteiger partial charge >= 0.3 is 12.4 Å². The monoisotopic (exact) mass is 395 g/mol. The molecule has 0 fully saturated rings. The van der Waals surface area contributed by atoms with Gasteiger partial charge in [0.15, 0.2) is 0 Å². The third-order valence-electron chi connectivity index (χ3n) is 4.62. The molecule has 0 saturated heterocycles. The fraction of sp³-hybridized carbons (Fsp3) is 0.143. The average Bonchev–Trinajstić information content (AvgIpc) is 2.62. The van der Waals surface area contributed by atoms with E-state index in [-0.39, 0.29) is 0 Å². The molecule has 7 heteroatoms. The predicted octanol–water partition coefficient (Wildman–Crippen LogP) is 6.35. The third kappa shape index (κ3) is 3.21. The lowest BCUT2D eigenvalue weighted by molar-refractivity contribution is -0.288. The first-order valence-electron chi connectivity index (χ1n) is 8.23. The molecule has 0 aliphatic carbocycles. The van der Waals surface area contributed by atoms with Gasteiger partial charge in [0.1, 0.15) is 0 Å². The van der Waals surface area contributed by atoms with Gasteiger partial charge in [0, 0.05) is 5.69 Å². The topological polar surface area (TPSA) is 26.0 Å². The van der Waals surface area contributed by atoms with Gasteiger partial charge in [-0.25, -0.2) is 0 Å². The minimum absolute atomic E-state index is 0.482. The Morgan fingerprint density at radius 3 is 1.32 bits per heavy atom. The molecule has 2 N–H and O–H groups in total. The molecule has 28 heavy (non-hydrogen) atoms. The summed E-state index contributed by atoms with van der Waals surface area (Å²) in [5.74, 6) is 0. The molecule has 0 heterocycles. The second kappa shape index (κ2) is 6.89. The Bertz CT molecular complexity index is 912. The summed E-state index contributed by atoms with van der Waals surface area (Å²) in [6.45, 7) is 0. The van der Waals surface area contributed by atoms with E-state index in [2.05, 4.69) is 0 Å². The second-order valence-corrected chi connectivity index (χ2v) is 6.31. The van der Waals surface area contributed by atoms with Gasteiger partial charge in [-0.1, -0.05) is 66.7 Å². The standard InChI is InChI=1S/C21H15F6N/c22-20(23,24)19(21(25,26)27,16-4-2-1-3-5-16)17-10-6-14(7-11-17)15-8-12-18(28)13-9-15/h1-13H,28H2. The second-order valence-electron chi connectivity index (χ2n) is 6.31. The van der Waals surface area contributed by atoms with Crippen LogP contribution in [-0.4, -0.2) is 12.4 Å². The van der Waals surface area contributed by atoms with E-state index in [9.17, 15) is 26.3 Å². The van der Waals surface area contributed by atoms with Gasteiger partial charge in [-0.2, -0.15) is 26.3 Å². The molecule has 0 atom stereocenters. The molecule has 0 amide bonds. The van der Waals surface area contributed by atoms with Gasteiger partial charge in [-0.3, -0.25) is 0 Å². The quantitative estimate of drug-likeness (QED) is 0.406. The zero-order valence-corrected chi connectivity index (χ0v) is 14.4. The Balaban J connectivity index is 2.20. The van der Waals surface area contributed by atoms with Crippen LogP contribution in [0.3, 0.4) is 0 Å². The number of rotatable bonds is 3. The highest BCUT2D eigenvalue weighted by atomic mass is 19.4. The molecule has 0 aliphatic heterocycles. The number of anilines is 1. The minimum atomic E-state index is -5.59. The lowest BCUT2D eigenvalue weighted by Gasteiger charge is -2.38. The maximum atomic E-state index is 14.0. The van der Waals surface area contributed by atoms with Gasteiger partial charge in [0.25, 0.3) is 0 Å². The zero-order valence-electron chi connectivity index (χ0n) is 14.4. The Morgan fingerprint density at radius 2 is 0.893 bits per heavy atom. The fourth-order valence-electron chi connectivity index (χ4n) is 3.26. The van der Waals surface area contributed by atoms with Crippen LogP contribution in [0.5, 0.6) is 0 Å². The summed E-state index contributed by atoms with van der Waals surface area (Å²) in [5, 5.41) is 0.